The largest absolute Gasteiger partial charge is 0.359 e. The lowest BCUT2D eigenvalue weighted by atomic mass is 9.89. The smallest absolute Gasteiger partial charge is 0.187 e. The number of hydrogen-bond donors (Lipinski definition) is 4. The van der Waals surface area contributed by atoms with Crippen LogP contribution in [0.3, 0.4) is 0 Å². The van der Waals surface area contributed by atoms with Crippen LogP contribution in [0.1, 0.15) is 65.4 Å². The summed E-state index contributed by atoms with van der Waals surface area (Å²) in [6, 6.07) is 10.5. The van der Waals surface area contributed by atoms with E-state index >= 15 is 0 Å². The van der Waals surface area contributed by atoms with Gasteiger partial charge in [-0.05, 0) is 83.4 Å². The number of hydrazine groups is 1. The standard InChI is InChI=1S/C20H32N6S2/c1-15(2)21-17(27)23-24-18(28)22-20(13-9-6-10-14-20)26-25-19(3,4)16-11-7-5-8-12-16/h5,7-8,11-12,15H,6,9-10,13-14H2,1-4H3,(H2,21,23,27)(H2,22,24,28). The summed E-state index contributed by atoms with van der Waals surface area (Å²) in [7, 11) is 0. The molecule has 0 atom stereocenters. The van der Waals surface area contributed by atoms with Crippen molar-refractivity contribution < 1.29 is 0 Å². The predicted molar refractivity (Wildman–Crippen MR) is 123 cm³/mol. The van der Waals surface area contributed by atoms with E-state index in [1.54, 1.807) is 0 Å². The van der Waals surface area contributed by atoms with Gasteiger partial charge >= 0.3 is 0 Å². The van der Waals surface area contributed by atoms with Crippen LogP contribution < -0.4 is 21.5 Å². The lowest BCUT2D eigenvalue weighted by Crippen LogP contribution is -2.57. The fourth-order valence-corrected chi connectivity index (χ4v) is 3.69. The zero-order valence-corrected chi connectivity index (χ0v) is 18.8. The van der Waals surface area contributed by atoms with Gasteiger partial charge in [0.1, 0.15) is 5.54 Å². The second kappa shape index (κ2) is 10.1. The molecule has 0 radical (unpaired) electrons. The van der Waals surface area contributed by atoms with Crippen LogP contribution in [-0.2, 0) is 5.54 Å². The summed E-state index contributed by atoms with van der Waals surface area (Å²) in [5.74, 6) is 0. The lowest BCUT2D eigenvalue weighted by molar-refractivity contribution is 0.253. The molecule has 4 N–H and O–H groups in total. The Morgan fingerprint density at radius 1 is 1.00 bits per heavy atom. The lowest BCUT2D eigenvalue weighted by Gasteiger charge is -2.35. The Kier molecular flexibility index (Phi) is 8.12. The quantitative estimate of drug-likeness (QED) is 0.324. The number of rotatable bonds is 5. The minimum Gasteiger partial charge on any atom is -0.359 e. The van der Waals surface area contributed by atoms with Gasteiger partial charge in [0.2, 0.25) is 0 Å². The second-order valence-electron chi connectivity index (χ2n) is 8.05. The van der Waals surface area contributed by atoms with E-state index in [2.05, 4.69) is 47.5 Å². The summed E-state index contributed by atoms with van der Waals surface area (Å²) in [4.78, 5) is 0. The molecule has 6 nitrogen and oxygen atoms in total. The van der Waals surface area contributed by atoms with E-state index in [0.29, 0.717) is 10.2 Å². The molecule has 1 aromatic carbocycles. The third-order valence-corrected chi connectivity index (χ3v) is 5.13. The molecular formula is C20H32N6S2. The molecule has 0 spiro atoms. The average Bonchev–Trinajstić information content (AvgIpc) is 2.66. The molecule has 1 saturated carbocycles. The minimum absolute atomic E-state index is 0.252. The molecule has 0 bridgehead atoms. The second-order valence-corrected chi connectivity index (χ2v) is 8.87. The molecular weight excluding hydrogens is 388 g/mol. The van der Waals surface area contributed by atoms with Gasteiger partial charge in [0.15, 0.2) is 15.9 Å². The van der Waals surface area contributed by atoms with Crippen LogP contribution in [0.4, 0.5) is 0 Å². The molecule has 154 valence electrons. The fourth-order valence-electron chi connectivity index (χ4n) is 3.17. The van der Waals surface area contributed by atoms with E-state index in [1.165, 1.54) is 6.42 Å². The molecule has 0 unspecified atom stereocenters. The summed E-state index contributed by atoms with van der Waals surface area (Å²) in [5.41, 5.74) is 6.12. The number of benzene rings is 1. The monoisotopic (exact) mass is 420 g/mol. The Morgan fingerprint density at radius 2 is 1.61 bits per heavy atom. The molecule has 0 heterocycles. The maximum absolute atomic E-state index is 5.47. The molecule has 28 heavy (non-hydrogen) atoms. The topological polar surface area (TPSA) is 72.8 Å². The zero-order chi connectivity index (χ0) is 20.6. The van der Waals surface area contributed by atoms with Gasteiger partial charge in [-0.15, -0.1) is 0 Å². The van der Waals surface area contributed by atoms with Gasteiger partial charge in [0, 0.05) is 6.04 Å². The Hall–Kier alpha value is -1.80. The van der Waals surface area contributed by atoms with Crippen LogP contribution in [0.2, 0.25) is 0 Å². The van der Waals surface area contributed by atoms with Crippen LogP contribution in [0.25, 0.3) is 0 Å². The summed E-state index contributed by atoms with van der Waals surface area (Å²) < 4.78 is 0. The van der Waals surface area contributed by atoms with Gasteiger partial charge in [0.25, 0.3) is 0 Å². The van der Waals surface area contributed by atoms with Crippen molar-refractivity contribution in [3.8, 4) is 0 Å². The van der Waals surface area contributed by atoms with Crippen LogP contribution >= 0.6 is 24.4 Å². The third kappa shape index (κ3) is 6.98. The Balaban J connectivity index is 2.05. The number of hydrogen-bond acceptors (Lipinski definition) is 4. The Labute approximate surface area is 179 Å². The van der Waals surface area contributed by atoms with Crippen molar-refractivity contribution in [2.24, 2.45) is 10.2 Å². The van der Waals surface area contributed by atoms with Gasteiger partial charge in [-0.25, -0.2) is 0 Å². The molecule has 0 saturated heterocycles. The first-order valence-corrected chi connectivity index (χ1v) is 10.7. The molecule has 1 aromatic rings. The average molecular weight is 421 g/mol. The van der Waals surface area contributed by atoms with Crippen molar-refractivity contribution in [3.05, 3.63) is 35.9 Å². The number of thiocarbonyl (C=S) groups is 2. The Bertz CT molecular complexity index is 681. The SMILES string of the molecule is CC(C)NC(=S)NNC(=S)NC1(N=NC(C)(C)c2ccccc2)CCCCC1. The Morgan fingerprint density at radius 3 is 2.21 bits per heavy atom. The fraction of sp³-hybridized carbons (Fsp3) is 0.600. The van der Waals surface area contributed by atoms with Crippen LogP contribution in [-0.4, -0.2) is 21.9 Å². The first-order valence-electron chi connectivity index (χ1n) is 9.87. The van der Waals surface area contributed by atoms with E-state index in [-0.39, 0.29) is 6.04 Å². The highest BCUT2D eigenvalue weighted by Gasteiger charge is 2.34. The van der Waals surface area contributed by atoms with Gasteiger partial charge in [-0.3, -0.25) is 10.9 Å². The summed E-state index contributed by atoms with van der Waals surface area (Å²) >= 11 is 10.7. The van der Waals surface area contributed by atoms with Crippen LogP contribution in [0, 0.1) is 0 Å². The van der Waals surface area contributed by atoms with Crippen molar-refractivity contribution in [2.75, 3.05) is 0 Å². The normalized spacial score (nSPS) is 16.6. The number of nitrogens with one attached hydrogen (secondary N) is 4. The van der Waals surface area contributed by atoms with Crippen molar-refractivity contribution >= 4 is 34.7 Å². The molecule has 1 fully saturated rings. The van der Waals surface area contributed by atoms with E-state index in [0.717, 1.165) is 31.2 Å². The molecule has 1 aliphatic rings. The van der Waals surface area contributed by atoms with Crippen molar-refractivity contribution in [2.45, 2.75) is 77.0 Å². The minimum atomic E-state index is -0.483. The van der Waals surface area contributed by atoms with Gasteiger partial charge in [-0.2, -0.15) is 10.2 Å². The highest BCUT2D eigenvalue weighted by Crippen LogP contribution is 2.33. The van der Waals surface area contributed by atoms with E-state index in [1.807, 2.05) is 32.0 Å². The van der Waals surface area contributed by atoms with Crippen LogP contribution in [0.5, 0.6) is 0 Å². The summed E-state index contributed by atoms with van der Waals surface area (Å²) in [6.07, 6.45) is 5.21. The molecule has 0 amide bonds. The van der Waals surface area contributed by atoms with E-state index in [9.17, 15) is 0 Å². The number of azo groups is 1. The van der Waals surface area contributed by atoms with Crippen molar-refractivity contribution in [3.63, 3.8) is 0 Å². The predicted octanol–water partition coefficient (Wildman–Crippen LogP) is 4.29. The first-order chi connectivity index (χ1) is 13.2. The van der Waals surface area contributed by atoms with Gasteiger partial charge < -0.3 is 10.6 Å². The molecule has 8 heteroatoms. The third-order valence-electron chi connectivity index (χ3n) is 4.71. The highest BCUT2D eigenvalue weighted by atomic mass is 32.1. The zero-order valence-electron chi connectivity index (χ0n) is 17.2. The van der Waals surface area contributed by atoms with Crippen LogP contribution in [0.15, 0.2) is 40.6 Å². The van der Waals surface area contributed by atoms with Crippen molar-refractivity contribution in [1.82, 2.24) is 21.5 Å². The summed E-state index contributed by atoms with van der Waals surface area (Å²) in [6.45, 7) is 8.21. The first kappa shape index (κ1) is 22.5. The van der Waals surface area contributed by atoms with Crippen molar-refractivity contribution in [1.29, 1.82) is 0 Å². The van der Waals surface area contributed by atoms with Gasteiger partial charge in [-0.1, -0.05) is 36.8 Å². The maximum atomic E-state index is 5.47. The molecule has 0 aliphatic heterocycles. The van der Waals surface area contributed by atoms with Gasteiger partial charge in [0.05, 0.1) is 0 Å². The summed E-state index contributed by atoms with van der Waals surface area (Å²) in [5, 5.41) is 17.0. The molecule has 0 aromatic heterocycles. The maximum Gasteiger partial charge on any atom is 0.187 e. The van der Waals surface area contributed by atoms with E-state index < -0.39 is 11.2 Å². The highest BCUT2D eigenvalue weighted by molar-refractivity contribution is 7.80. The molecule has 2 rings (SSSR count). The molecule has 1 aliphatic carbocycles. The number of nitrogens with zero attached hydrogens (tertiary/aromatic N) is 2. The van der Waals surface area contributed by atoms with E-state index in [4.69, 9.17) is 34.7 Å².